The first-order valence-corrected chi connectivity index (χ1v) is 35.2. The lowest BCUT2D eigenvalue weighted by atomic mass is 9.95. The van der Waals surface area contributed by atoms with E-state index in [-0.39, 0.29) is 0 Å². The minimum Gasteiger partial charge on any atom is -0.394 e. The summed E-state index contributed by atoms with van der Waals surface area (Å²) in [7, 11) is 0. The summed E-state index contributed by atoms with van der Waals surface area (Å²) in [6, 6.07) is 0. The van der Waals surface area contributed by atoms with Crippen molar-refractivity contribution in [2.24, 2.45) is 0 Å². The summed E-state index contributed by atoms with van der Waals surface area (Å²) in [5.41, 5.74) is 0. The summed E-state index contributed by atoms with van der Waals surface area (Å²) < 4.78 is 108. The monoisotopic (exact) mass is 1640 g/mol. The predicted octanol–water partition coefficient (Wildman–Crippen LogP) is -22.8. The third-order valence-electron chi connectivity index (χ3n) is 20.8. The van der Waals surface area contributed by atoms with Crippen LogP contribution in [-0.2, 0) is 90.0 Å². The molecule has 0 aliphatic carbocycles. The van der Waals surface area contributed by atoms with E-state index in [1.165, 1.54) is 0 Å². The molecular weight excluding hydrogens is 1540 g/mol. The van der Waals surface area contributed by atoms with E-state index in [0.29, 0.717) is 0 Å². The van der Waals surface area contributed by atoms with Gasteiger partial charge in [-0.25, -0.2) is 0 Å². The maximum atomic E-state index is 12.6. The van der Waals surface area contributed by atoms with Gasteiger partial charge in [-0.15, -0.1) is 0 Å². The van der Waals surface area contributed by atoms with E-state index in [4.69, 9.17) is 90.0 Å². The highest BCUT2D eigenvalue weighted by atomic mass is 16.8. The van der Waals surface area contributed by atoms with E-state index >= 15 is 0 Å². The highest BCUT2D eigenvalue weighted by molar-refractivity contribution is 5.03. The van der Waals surface area contributed by atoms with Gasteiger partial charge in [-0.2, -0.15) is 0 Å². The predicted molar refractivity (Wildman–Crippen MR) is 330 cm³/mol. The molecule has 10 heterocycles. The molecule has 50 atom stereocenters. The van der Waals surface area contributed by atoms with Crippen molar-refractivity contribution in [3.8, 4) is 0 Å². The maximum Gasteiger partial charge on any atom is 0.187 e. The number of hydrogen-bond donors (Lipinski definition) is 32. The van der Waals surface area contributed by atoms with Gasteiger partial charge in [-0.05, 0) is 0 Å². The van der Waals surface area contributed by atoms with Crippen LogP contribution in [0.1, 0.15) is 0 Å². The first-order chi connectivity index (χ1) is 52.6. The van der Waals surface area contributed by atoms with Gasteiger partial charge in [0, 0.05) is 0 Å². The van der Waals surface area contributed by atoms with Crippen LogP contribution in [0, 0.1) is 0 Å². The van der Waals surface area contributed by atoms with Crippen LogP contribution < -0.4 is 0 Å². The van der Waals surface area contributed by atoms with Crippen molar-refractivity contribution < 1.29 is 253 Å². The van der Waals surface area contributed by atoms with Crippen LogP contribution in [0.25, 0.3) is 0 Å². The fourth-order valence-corrected chi connectivity index (χ4v) is 14.0. The van der Waals surface area contributed by atoms with Gasteiger partial charge < -0.3 is 253 Å². The molecule has 10 rings (SSSR count). The van der Waals surface area contributed by atoms with Crippen molar-refractivity contribution in [1.82, 2.24) is 0 Å². The van der Waals surface area contributed by atoms with Gasteiger partial charge in [0.05, 0.1) is 66.1 Å². The van der Waals surface area contributed by atoms with E-state index in [0.717, 1.165) is 0 Å². The Morgan fingerprint density at radius 1 is 0.153 bits per heavy atom. The lowest BCUT2D eigenvalue weighted by molar-refractivity contribution is -0.403. The lowest BCUT2D eigenvalue weighted by Crippen LogP contribution is -2.69. The zero-order valence-corrected chi connectivity index (χ0v) is 58.0. The minimum absolute atomic E-state index is 0.971. The molecule has 0 spiro atoms. The Labute approximate surface area is 625 Å². The molecule has 0 amide bonds. The summed E-state index contributed by atoms with van der Waals surface area (Å²) in [6.45, 7) is -10.6. The third kappa shape index (κ3) is 19.4. The van der Waals surface area contributed by atoms with E-state index in [1.54, 1.807) is 0 Å². The SMILES string of the molecule is OC[C@H]1O[C@@H](OC[C@H]2O[C@@H](O[C@H]3[C@@H](O)[C@@H](CO[C@@H]4O[C@H](CO)[C@H](O)[C@H](O)[C@H]4O)O[C@@H](O[C@H]4[C@@H](O)[C@@H](CO[C@@H]5O[C@H](CO)[C@H](O)[C@H](O)[C@H]5O)O[C@@H](O[C@H]5[C@@H](O)[C@@H](CO[C@@H]6O[C@H](CO)[C@H](O)[C@H](O)[C@H]6O)O[C@@H](O[C@@H]6[C@@H](O)[C@H](O)O[C@H](CO)[C@@H]6O)[C@@H]5O)[C@@H]4O)[C@@H]3O)[C@H](O)[C@@H](O[C@@H]3O[C@H](CO)[C@H](O)[C@H](O)[C@H]3O)[C@H]2O)[C@H](O)[C@@H](O)[C@H]1O. The van der Waals surface area contributed by atoms with Crippen molar-refractivity contribution in [3.63, 3.8) is 0 Å². The summed E-state index contributed by atoms with van der Waals surface area (Å²) in [5, 5.41) is 351. The van der Waals surface area contributed by atoms with Gasteiger partial charge in [0.25, 0.3) is 0 Å². The molecule has 51 heteroatoms. The van der Waals surface area contributed by atoms with Gasteiger partial charge >= 0.3 is 0 Å². The fraction of sp³-hybridized carbons (Fsp3) is 1.00. The molecule has 0 radical (unpaired) electrons. The number of hydrogen-bond acceptors (Lipinski definition) is 51. The molecular formula is C60H102O51. The van der Waals surface area contributed by atoms with Crippen LogP contribution in [0.15, 0.2) is 0 Å². The molecule has 0 aromatic rings. The van der Waals surface area contributed by atoms with E-state index in [2.05, 4.69) is 0 Å². The molecule has 51 nitrogen and oxygen atoms in total. The molecule has 10 fully saturated rings. The molecule has 648 valence electrons. The van der Waals surface area contributed by atoms with E-state index < -0.39 is 373 Å². The molecule has 0 aromatic heterocycles. The van der Waals surface area contributed by atoms with Gasteiger partial charge in [0.15, 0.2) is 62.9 Å². The van der Waals surface area contributed by atoms with Crippen LogP contribution in [0.3, 0.4) is 0 Å². The van der Waals surface area contributed by atoms with Crippen molar-refractivity contribution in [1.29, 1.82) is 0 Å². The molecule has 32 N–H and O–H groups in total. The first kappa shape index (κ1) is 91.3. The smallest absolute Gasteiger partial charge is 0.187 e. The Balaban J connectivity index is 0.994. The average molecular weight is 1640 g/mol. The topological polar surface area (TPSA) is 823 Å². The number of ether oxygens (including phenoxy) is 19. The Morgan fingerprint density at radius 2 is 0.315 bits per heavy atom. The Bertz CT molecular complexity index is 2780. The van der Waals surface area contributed by atoms with Crippen molar-refractivity contribution in [2.45, 2.75) is 307 Å². The third-order valence-corrected chi connectivity index (χ3v) is 20.8. The van der Waals surface area contributed by atoms with Crippen LogP contribution in [0.4, 0.5) is 0 Å². The van der Waals surface area contributed by atoms with Gasteiger partial charge in [0.1, 0.15) is 244 Å². The molecule has 0 saturated carbocycles. The highest BCUT2D eigenvalue weighted by Crippen LogP contribution is 2.40. The minimum atomic E-state index is -2.69. The standard InChI is InChI=1S/C60H102O51/c61-1-11-21(67)31(77)36(82)52(98-11)93-7-17-27(73)47(108-56-40(86)35(81)25(71)15(5-65)102-56)42(88)58(104-17)110-49-29(75)19(9-95-54-38(84)33(79)23(69)13(3-63)100-54)106-60(44(49)90)111-50-30(76)20(10-96-55-39(85)34(80)24(70)14(4-64)101-55)105-59(45(50)91)109-48-28(74)18(8-94-53-37(83)32(78)22(68)12(2-62)99-53)103-57(43(48)89)107-46-26(72)16(6-66)97-51(92)41(46)87/h11-92H,1-10H2/t11-,12-,13-,14-,15-,16-,17-,18-,19-,20-,21+,22+,23+,24+,25+,26+,27+,28+,29+,30+,31+,32+,33+,34+,35+,36-,37-,38-,39-,40-,41-,42-,43-,44-,45-,46+,47+,48+,49+,50+,51-,52-,53-,54-,55-,56+,57+,58+,59+,60+/m1/s1. The normalized spacial score (nSPS) is 53.7. The molecule has 10 aliphatic heterocycles. The van der Waals surface area contributed by atoms with Crippen LogP contribution >= 0.6 is 0 Å². The van der Waals surface area contributed by atoms with Crippen LogP contribution in [0.2, 0.25) is 0 Å². The molecule has 111 heavy (non-hydrogen) atoms. The van der Waals surface area contributed by atoms with Crippen molar-refractivity contribution in [3.05, 3.63) is 0 Å². The van der Waals surface area contributed by atoms with Crippen LogP contribution in [-0.4, -0.2) is 537 Å². The van der Waals surface area contributed by atoms with E-state index in [9.17, 15) is 163 Å². The fourth-order valence-electron chi connectivity index (χ4n) is 14.0. The quantitative estimate of drug-likeness (QED) is 0.0346. The summed E-state index contributed by atoms with van der Waals surface area (Å²) >= 11 is 0. The largest absolute Gasteiger partial charge is 0.394 e. The molecule has 10 aliphatic rings. The van der Waals surface area contributed by atoms with Crippen LogP contribution in [0.5, 0.6) is 0 Å². The van der Waals surface area contributed by atoms with Gasteiger partial charge in [-0.3, -0.25) is 0 Å². The summed E-state index contributed by atoms with van der Waals surface area (Å²) in [6.07, 6.45) is -109. The second-order valence-corrected chi connectivity index (χ2v) is 28.1. The molecule has 0 unspecified atom stereocenters. The Morgan fingerprint density at radius 3 is 0.532 bits per heavy atom. The zero-order chi connectivity index (χ0) is 81.4. The summed E-state index contributed by atoms with van der Waals surface area (Å²) in [4.78, 5) is 0. The highest BCUT2D eigenvalue weighted by Gasteiger charge is 2.61. The van der Waals surface area contributed by atoms with E-state index in [1.807, 2.05) is 0 Å². The first-order valence-electron chi connectivity index (χ1n) is 35.2. The second kappa shape index (κ2) is 39.4. The van der Waals surface area contributed by atoms with Crippen molar-refractivity contribution in [2.75, 3.05) is 66.1 Å². The van der Waals surface area contributed by atoms with Gasteiger partial charge in [-0.1, -0.05) is 0 Å². The number of aliphatic hydroxyl groups excluding tert-OH is 32. The lowest BCUT2D eigenvalue weighted by Gasteiger charge is -2.50. The molecule has 0 aromatic carbocycles. The van der Waals surface area contributed by atoms with Crippen molar-refractivity contribution >= 4 is 0 Å². The Hall–Kier alpha value is -2.04. The number of rotatable bonds is 28. The molecule has 0 bridgehead atoms. The van der Waals surface area contributed by atoms with Gasteiger partial charge in [0.2, 0.25) is 0 Å². The average Bonchev–Trinajstić information content (AvgIpc) is 0.770. The maximum absolute atomic E-state index is 12.6. The zero-order valence-electron chi connectivity index (χ0n) is 58.0. The Kier molecular flexibility index (Phi) is 32.4. The second-order valence-electron chi connectivity index (χ2n) is 28.1. The molecule has 10 saturated heterocycles. The summed E-state index contributed by atoms with van der Waals surface area (Å²) in [5.74, 6) is 0. The number of aliphatic hydroxyl groups is 32.